The third kappa shape index (κ3) is 3.07. The van der Waals surface area contributed by atoms with Crippen molar-refractivity contribution in [2.75, 3.05) is 0 Å². The fourth-order valence-electron chi connectivity index (χ4n) is 2.12. The van der Waals surface area contributed by atoms with E-state index in [1.165, 1.54) is 18.3 Å². The monoisotopic (exact) mass is 389 g/mol. The van der Waals surface area contributed by atoms with E-state index in [9.17, 15) is 0 Å². The molecule has 2 heteroatoms. The molecule has 3 rings (SSSR count). The lowest BCUT2D eigenvalue weighted by atomic mass is 10.4. The Balaban J connectivity index is 2.14. The summed E-state index contributed by atoms with van der Waals surface area (Å²) >= 11 is 2.38. The van der Waals surface area contributed by atoms with Gasteiger partial charge in [0, 0.05) is 9.64 Å². The Hall–Kier alpha value is -1.26. The van der Waals surface area contributed by atoms with E-state index >= 15 is 0 Å². The highest BCUT2D eigenvalue weighted by atomic mass is 127. The second-order valence-electron chi connectivity index (χ2n) is 4.39. The Labute approximate surface area is 136 Å². The fourth-order valence-corrected chi connectivity index (χ4v) is 5.00. The maximum Gasteiger partial charge on any atom is 0.167 e. The van der Waals surface area contributed by atoms with Crippen LogP contribution in [-0.4, -0.2) is 0 Å². The number of hydrogen-bond acceptors (Lipinski definition) is 0. The fraction of sp³-hybridized carbons (Fsp3) is 0. The zero-order valence-corrected chi connectivity index (χ0v) is 13.8. The summed E-state index contributed by atoms with van der Waals surface area (Å²) in [5.41, 5.74) is 0. The first-order valence-electron chi connectivity index (χ1n) is 6.44. The molecule has 0 nitrogen and oxygen atoms in total. The molecule has 0 saturated carbocycles. The van der Waals surface area contributed by atoms with E-state index in [4.69, 9.17) is 0 Å². The van der Waals surface area contributed by atoms with Crippen LogP contribution in [0, 0.1) is 3.57 Å². The van der Waals surface area contributed by atoms with Crippen LogP contribution in [0.5, 0.6) is 0 Å². The van der Waals surface area contributed by atoms with Crippen molar-refractivity contribution in [3.05, 3.63) is 88.5 Å². The van der Waals surface area contributed by atoms with Gasteiger partial charge in [-0.3, -0.25) is 0 Å². The molecule has 0 amide bonds. The summed E-state index contributed by atoms with van der Waals surface area (Å²) in [6.07, 6.45) is 0. The lowest BCUT2D eigenvalue weighted by molar-refractivity contribution is 1.31. The topological polar surface area (TPSA) is 0 Å². The lowest BCUT2D eigenvalue weighted by Crippen LogP contribution is -2.04. The van der Waals surface area contributed by atoms with Gasteiger partial charge >= 0.3 is 0 Å². The molecular formula is C18H14IS+. The van der Waals surface area contributed by atoms with Gasteiger partial charge in [0.1, 0.15) is 0 Å². The highest BCUT2D eigenvalue weighted by Crippen LogP contribution is 2.31. The zero-order valence-electron chi connectivity index (χ0n) is 10.9. The second kappa shape index (κ2) is 6.46. The van der Waals surface area contributed by atoms with Crippen molar-refractivity contribution in [3.63, 3.8) is 0 Å². The highest BCUT2D eigenvalue weighted by Gasteiger charge is 2.28. The molecule has 0 saturated heterocycles. The Morgan fingerprint density at radius 3 is 1.55 bits per heavy atom. The molecule has 20 heavy (non-hydrogen) atoms. The van der Waals surface area contributed by atoms with Crippen LogP contribution >= 0.6 is 22.6 Å². The Bertz CT molecular complexity index is 641. The first-order chi connectivity index (χ1) is 9.84. The summed E-state index contributed by atoms with van der Waals surface area (Å²) < 4.78 is 1.28. The van der Waals surface area contributed by atoms with Crippen molar-refractivity contribution in [2.24, 2.45) is 0 Å². The van der Waals surface area contributed by atoms with E-state index in [1.54, 1.807) is 0 Å². The molecule has 0 fully saturated rings. The van der Waals surface area contributed by atoms with E-state index in [0.717, 1.165) is 0 Å². The third-order valence-corrected chi connectivity index (χ3v) is 5.87. The summed E-state index contributed by atoms with van der Waals surface area (Å²) in [7, 11) is -0.0297. The van der Waals surface area contributed by atoms with E-state index in [-0.39, 0.29) is 10.9 Å². The predicted octanol–water partition coefficient (Wildman–Crippen LogP) is 5.39. The smallest absolute Gasteiger partial charge is 0.0619 e. The van der Waals surface area contributed by atoms with Crippen molar-refractivity contribution in [3.8, 4) is 0 Å². The summed E-state index contributed by atoms with van der Waals surface area (Å²) in [5, 5.41) is 0. The van der Waals surface area contributed by atoms with Crippen LogP contribution in [0.1, 0.15) is 0 Å². The van der Waals surface area contributed by atoms with Crippen LogP contribution in [-0.2, 0) is 10.9 Å². The maximum absolute atomic E-state index is 2.38. The van der Waals surface area contributed by atoms with Gasteiger partial charge in [0.05, 0.1) is 10.9 Å². The lowest BCUT2D eigenvalue weighted by Gasteiger charge is -2.07. The van der Waals surface area contributed by atoms with Crippen LogP contribution in [0.25, 0.3) is 0 Å². The van der Waals surface area contributed by atoms with E-state index in [1.807, 2.05) is 0 Å². The molecule has 0 radical (unpaired) electrons. The van der Waals surface area contributed by atoms with Crippen LogP contribution < -0.4 is 0 Å². The summed E-state index contributed by atoms with van der Waals surface area (Å²) in [4.78, 5) is 4.09. The van der Waals surface area contributed by atoms with Crippen molar-refractivity contribution < 1.29 is 0 Å². The Kier molecular flexibility index (Phi) is 4.43. The standard InChI is InChI=1S/C18H14IS/c19-15-8-7-13-18(14-15)20(16-9-3-1-4-10-16)17-11-5-2-6-12-17/h1-14H/q+1. The van der Waals surface area contributed by atoms with Crippen molar-refractivity contribution in [2.45, 2.75) is 14.7 Å². The highest BCUT2D eigenvalue weighted by molar-refractivity contribution is 14.1. The molecule has 0 bridgehead atoms. The van der Waals surface area contributed by atoms with E-state index < -0.39 is 0 Å². The minimum absolute atomic E-state index is 0.0297. The Morgan fingerprint density at radius 1 is 0.550 bits per heavy atom. The van der Waals surface area contributed by atoms with Gasteiger partial charge in [-0.2, -0.15) is 0 Å². The van der Waals surface area contributed by atoms with Crippen LogP contribution in [0.3, 0.4) is 0 Å². The van der Waals surface area contributed by atoms with Crippen molar-refractivity contribution in [1.82, 2.24) is 0 Å². The molecule has 0 N–H and O–H groups in total. The number of rotatable bonds is 3. The second-order valence-corrected chi connectivity index (χ2v) is 7.66. The number of halogens is 1. The molecule has 98 valence electrons. The van der Waals surface area contributed by atoms with Gasteiger partial charge in [-0.15, -0.1) is 0 Å². The van der Waals surface area contributed by atoms with Gasteiger partial charge in [-0.25, -0.2) is 0 Å². The maximum atomic E-state index is 2.38. The number of benzene rings is 3. The molecule has 0 spiro atoms. The van der Waals surface area contributed by atoms with Crippen molar-refractivity contribution >= 4 is 33.5 Å². The average molecular weight is 389 g/mol. The normalized spacial score (nSPS) is 10.7. The van der Waals surface area contributed by atoms with Gasteiger partial charge in [0.2, 0.25) is 0 Å². The van der Waals surface area contributed by atoms with Gasteiger partial charge in [-0.05, 0) is 59.0 Å². The molecule has 0 unspecified atom stereocenters. The third-order valence-electron chi connectivity index (χ3n) is 2.99. The van der Waals surface area contributed by atoms with E-state index in [0.29, 0.717) is 0 Å². The van der Waals surface area contributed by atoms with Gasteiger partial charge < -0.3 is 0 Å². The quantitative estimate of drug-likeness (QED) is 0.416. The van der Waals surface area contributed by atoms with Crippen molar-refractivity contribution in [1.29, 1.82) is 0 Å². The predicted molar refractivity (Wildman–Crippen MR) is 94.2 cm³/mol. The molecule has 0 aliphatic carbocycles. The summed E-state index contributed by atoms with van der Waals surface area (Å²) in [6.45, 7) is 0. The van der Waals surface area contributed by atoms with Crippen LogP contribution in [0.4, 0.5) is 0 Å². The van der Waals surface area contributed by atoms with Gasteiger partial charge in [0.15, 0.2) is 14.7 Å². The van der Waals surface area contributed by atoms with Gasteiger partial charge in [0.25, 0.3) is 0 Å². The Morgan fingerprint density at radius 2 is 1.05 bits per heavy atom. The molecule has 3 aromatic carbocycles. The first-order valence-corrected chi connectivity index (χ1v) is 8.75. The summed E-state index contributed by atoms with van der Waals surface area (Å²) in [5.74, 6) is 0. The average Bonchev–Trinajstić information content (AvgIpc) is 2.50. The minimum Gasteiger partial charge on any atom is -0.0619 e. The number of hydrogen-bond donors (Lipinski definition) is 0. The molecule has 0 aliphatic rings. The minimum atomic E-state index is -0.0297. The summed E-state index contributed by atoms with van der Waals surface area (Å²) in [6, 6.07) is 30.3. The van der Waals surface area contributed by atoms with Crippen LogP contribution in [0.15, 0.2) is 99.6 Å². The van der Waals surface area contributed by atoms with E-state index in [2.05, 4.69) is 108 Å². The van der Waals surface area contributed by atoms with Gasteiger partial charge in [-0.1, -0.05) is 42.5 Å². The first kappa shape index (κ1) is 13.7. The SMILES string of the molecule is Ic1cccc([S+](c2ccccc2)c2ccccc2)c1. The molecule has 0 aliphatic heterocycles. The molecule has 0 heterocycles. The molecule has 0 aromatic heterocycles. The van der Waals surface area contributed by atoms with Crippen LogP contribution in [0.2, 0.25) is 0 Å². The largest absolute Gasteiger partial charge is 0.167 e. The molecule has 3 aromatic rings. The molecule has 0 atom stereocenters. The zero-order chi connectivity index (χ0) is 13.8. The molecular weight excluding hydrogens is 375 g/mol.